The van der Waals surface area contributed by atoms with Crippen LogP contribution in [0, 0.1) is 45.3 Å². The van der Waals surface area contributed by atoms with Gasteiger partial charge in [-0.3, -0.25) is 0 Å². The molecule has 0 aliphatic carbocycles. The summed E-state index contributed by atoms with van der Waals surface area (Å²) in [4.78, 5) is 8.79. The average Bonchev–Trinajstić information content (AvgIpc) is 3.69. The second kappa shape index (κ2) is 11.1. The molecule has 0 radical (unpaired) electrons. The van der Waals surface area contributed by atoms with Gasteiger partial charge >= 0.3 is 0 Å². The van der Waals surface area contributed by atoms with E-state index in [0.29, 0.717) is 48.4 Å². The summed E-state index contributed by atoms with van der Waals surface area (Å²) in [6, 6.07) is 39.2. The fourth-order valence-electron chi connectivity index (χ4n) is 5.58. The van der Waals surface area contributed by atoms with Crippen molar-refractivity contribution in [1.29, 1.82) is 21.0 Å². The summed E-state index contributed by atoms with van der Waals surface area (Å²) in [6.45, 7) is 2.57. The molecule has 0 unspecified atom stereocenters. The van der Waals surface area contributed by atoms with Crippen molar-refractivity contribution in [2.24, 2.45) is 0 Å². The van der Waals surface area contributed by atoms with Gasteiger partial charge in [0.1, 0.15) is 0 Å². The van der Waals surface area contributed by atoms with Crippen molar-refractivity contribution in [2.75, 3.05) is 45.8 Å². The van der Waals surface area contributed by atoms with Crippen molar-refractivity contribution < 1.29 is 0 Å². The van der Waals surface area contributed by atoms with Gasteiger partial charge in [-0.2, -0.15) is 21.0 Å². The monoisotopic (exact) mass is 544 g/mol. The van der Waals surface area contributed by atoms with Crippen LogP contribution in [0.1, 0.15) is 22.3 Å². The van der Waals surface area contributed by atoms with Crippen molar-refractivity contribution in [1.82, 2.24) is 0 Å². The number of rotatable bonds is 4. The molecule has 6 rings (SSSR count). The second-order valence-electron chi connectivity index (χ2n) is 9.90. The number of nitrogens with zero attached hydrogens (tertiary/aromatic N) is 8. The minimum absolute atomic E-state index is 0.561. The molecule has 8 heteroatoms. The van der Waals surface area contributed by atoms with Gasteiger partial charge in [-0.05, 0) is 72.8 Å². The molecule has 2 fully saturated rings. The predicted octanol–water partition coefficient (Wildman–Crippen LogP) is 5.65. The van der Waals surface area contributed by atoms with E-state index >= 15 is 0 Å². The van der Waals surface area contributed by atoms with Crippen molar-refractivity contribution in [2.45, 2.75) is 0 Å². The van der Waals surface area contributed by atoms with Crippen molar-refractivity contribution in [3.63, 3.8) is 0 Å². The highest BCUT2D eigenvalue weighted by Crippen LogP contribution is 2.40. The molecule has 42 heavy (non-hydrogen) atoms. The summed E-state index contributed by atoms with van der Waals surface area (Å²) in [6.07, 6.45) is 0. The average molecular weight is 545 g/mol. The Kier molecular flexibility index (Phi) is 6.88. The second-order valence-corrected chi connectivity index (χ2v) is 9.90. The van der Waals surface area contributed by atoms with Crippen molar-refractivity contribution in [3.8, 4) is 24.3 Å². The first-order valence-electron chi connectivity index (χ1n) is 13.5. The van der Waals surface area contributed by atoms with Gasteiger partial charge in [0.2, 0.25) is 0 Å². The van der Waals surface area contributed by atoms with E-state index in [1.54, 1.807) is 24.3 Å². The van der Waals surface area contributed by atoms with E-state index < -0.39 is 0 Å². The predicted molar refractivity (Wildman–Crippen MR) is 161 cm³/mol. The minimum atomic E-state index is 0.561. The zero-order valence-electron chi connectivity index (χ0n) is 22.6. The molecule has 2 heterocycles. The fourth-order valence-corrected chi connectivity index (χ4v) is 5.58. The first kappa shape index (κ1) is 26.0. The highest BCUT2D eigenvalue weighted by molar-refractivity contribution is 5.74. The Bertz CT molecular complexity index is 1610. The molecule has 4 aromatic rings. The van der Waals surface area contributed by atoms with Crippen LogP contribution >= 0.6 is 0 Å². The Hall–Kier alpha value is -6.22. The van der Waals surface area contributed by atoms with Gasteiger partial charge in [0.25, 0.3) is 0 Å². The molecule has 200 valence electrons. The lowest BCUT2D eigenvalue weighted by molar-refractivity contribution is 0.965. The van der Waals surface area contributed by atoms with E-state index in [9.17, 15) is 21.0 Å². The third-order valence-electron chi connectivity index (χ3n) is 7.46. The quantitative estimate of drug-likeness (QED) is 0.324. The SMILES string of the molecule is N#Cc1cccc(N2CCN(c3cccc(C#N)c3)C2=C2N(c3cccc(C#N)c3)CCN2c2cccc(C#N)c2)c1. The van der Waals surface area contributed by atoms with Crippen LogP contribution in [0.3, 0.4) is 0 Å². The van der Waals surface area contributed by atoms with E-state index in [0.717, 1.165) is 34.4 Å². The Labute approximate surface area is 244 Å². The molecular formula is C34H24N8. The Morgan fingerprint density at radius 2 is 0.619 bits per heavy atom. The number of benzene rings is 4. The zero-order chi connectivity index (χ0) is 29.1. The summed E-state index contributed by atoms with van der Waals surface area (Å²) in [5.74, 6) is 1.75. The maximum Gasteiger partial charge on any atom is 0.156 e. The van der Waals surface area contributed by atoms with Crippen molar-refractivity contribution >= 4 is 22.7 Å². The van der Waals surface area contributed by atoms with E-state index in [4.69, 9.17) is 0 Å². The van der Waals surface area contributed by atoms with Gasteiger partial charge < -0.3 is 19.6 Å². The van der Waals surface area contributed by atoms with Gasteiger partial charge in [0.05, 0.1) is 46.5 Å². The highest BCUT2D eigenvalue weighted by atomic mass is 15.5. The van der Waals surface area contributed by atoms with Crippen LogP contribution in [0.5, 0.6) is 0 Å². The van der Waals surface area contributed by atoms with E-state index in [1.165, 1.54) is 0 Å². The molecule has 0 aromatic heterocycles. The number of anilines is 4. The number of hydrogen-bond donors (Lipinski definition) is 0. The Balaban J connectivity index is 1.63. The molecule has 4 aromatic carbocycles. The van der Waals surface area contributed by atoms with Crippen LogP contribution in [0.4, 0.5) is 22.7 Å². The summed E-state index contributed by atoms with van der Waals surface area (Å²) in [5.41, 5.74) is 5.74. The van der Waals surface area contributed by atoms with Crippen molar-refractivity contribution in [3.05, 3.63) is 131 Å². The maximum atomic E-state index is 9.66. The van der Waals surface area contributed by atoms with Crippen LogP contribution in [0.2, 0.25) is 0 Å². The summed E-state index contributed by atoms with van der Waals surface area (Å²) < 4.78 is 0. The molecular weight excluding hydrogens is 520 g/mol. The lowest BCUT2D eigenvalue weighted by Gasteiger charge is -2.34. The molecule has 0 saturated carbocycles. The van der Waals surface area contributed by atoms with Crippen LogP contribution in [-0.4, -0.2) is 26.2 Å². The summed E-state index contributed by atoms with van der Waals surface area (Å²) in [5, 5.41) is 38.6. The van der Waals surface area contributed by atoms with Crippen LogP contribution < -0.4 is 19.6 Å². The summed E-state index contributed by atoms with van der Waals surface area (Å²) >= 11 is 0. The molecule has 2 aliphatic heterocycles. The van der Waals surface area contributed by atoms with Gasteiger partial charge in [0.15, 0.2) is 11.6 Å². The topological polar surface area (TPSA) is 108 Å². The molecule has 0 bridgehead atoms. The fraction of sp³-hybridized carbons (Fsp3) is 0.118. The number of nitriles is 4. The van der Waals surface area contributed by atoms with Gasteiger partial charge in [-0.15, -0.1) is 0 Å². The Morgan fingerprint density at radius 1 is 0.381 bits per heavy atom. The van der Waals surface area contributed by atoms with Gasteiger partial charge in [-0.25, -0.2) is 0 Å². The third-order valence-corrected chi connectivity index (χ3v) is 7.46. The molecule has 2 aliphatic rings. The standard InChI is InChI=1S/C34H24N8/c35-21-25-5-1-9-29(17-25)39-13-14-40(30-10-2-6-26(18-30)22-36)33(39)34-41(31-11-3-7-27(19-31)23-37)15-16-42(34)32-12-4-8-28(20-32)24-38/h1-12,17-20H,13-16H2. The minimum Gasteiger partial charge on any atom is -0.323 e. The first-order chi connectivity index (χ1) is 20.6. The highest BCUT2D eigenvalue weighted by Gasteiger charge is 2.39. The van der Waals surface area contributed by atoms with Crippen LogP contribution in [0.25, 0.3) is 0 Å². The van der Waals surface area contributed by atoms with Crippen LogP contribution in [-0.2, 0) is 0 Å². The molecule has 2 saturated heterocycles. The zero-order valence-corrected chi connectivity index (χ0v) is 22.6. The normalized spacial score (nSPS) is 14.4. The number of hydrogen-bond acceptors (Lipinski definition) is 8. The maximum absolute atomic E-state index is 9.66. The van der Waals surface area contributed by atoms with E-state index in [1.807, 2.05) is 72.8 Å². The van der Waals surface area contributed by atoms with Crippen LogP contribution in [0.15, 0.2) is 109 Å². The molecule has 0 N–H and O–H groups in total. The third kappa shape index (κ3) is 4.71. The molecule has 0 amide bonds. The molecule has 0 atom stereocenters. The first-order valence-corrected chi connectivity index (χ1v) is 13.5. The smallest absolute Gasteiger partial charge is 0.156 e. The van der Waals surface area contributed by atoms with Gasteiger partial charge in [0, 0.05) is 48.9 Å². The lowest BCUT2D eigenvalue weighted by atomic mass is 10.2. The molecule has 8 nitrogen and oxygen atoms in total. The summed E-state index contributed by atoms with van der Waals surface area (Å²) in [7, 11) is 0. The van der Waals surface area contributed by atoms with E-state index in [2.05, 4.69) is 43.9 Å². The van der Waals surface area contributed by atoms with E-state index in [-0.39, 0.29) is 0 Å². The Morgan fingerprint density at radius 3 is 0.833 bits per heavy atom. The van der Waals surface area contributed by atoms with Gasteiger partial charge in [-0.1, -0.05) is 24.3 Å². The largest absolute Gasteiger partial charge is 0.323 e. The lowest BCUT2D eigenvalue weighted by Crippen LogP contribution is -2.34. The molecule has 0 spiro atoms.